The summed E-state index contributed by atoms with van der Waals surface area (Å²) in [6.07, 6.45) is 0. The lowest BCUT2D eigenvalue weighted by Crippen LogP contribution is -2.34. The lowest BCUT2D eigenvalue weighted by Gasteiger charge is -2.36. The monoisotopic (exact) mass is 700 g/mol. The Balaban J connectivity index is 1.11. The molecule has 0 heterocycles. The minimum absolute atomic E-state index is 0.0238. The van der Waals surface area contributed by atoms with Crippen LogP contribution in [0.3, 0.4) is 0 Å². The average molecular weight is 701 g/mol. The van der Waals surface area contributed by atoms with Gasteiger partial charge in [-0.1, -0.05) is 91.0 Å². The first kappa shape index (κ1) is 41.6. The van der Waals surface area contributed by atoms with E-state index in [9.17, 15) is 0 Å². The van der Waals surface area contributed by atoms with E-state index in [-0.39, 0.29) is 6.61 Å². The van der Waals surface area contributed by atoms with Gasteiger partial charge in [-0.2, -0.15) is 0 Å². The number of benzene rings is 3. The van der Waals surface area contributed by atoms with Gasteiger partial charge in [0.1, 0.15) is 5.60 Å². The second-order valence-electron chi connectivity index (χ2n) is 10.9. The first-order chi connectivity index (χ1) is 24.9. The first-order valence-electron chi connectivity index (χ1n) is 17.5. The SMILES string of the molecule is OCCOCCOCCOCCOCCOCCOCCOCCOCCOCCOC(c1ccccc1)(c1ccccc1)c1ccccc1. The smallest absolute Gasteiger partial charge is 0.143 e. The summed E-state index contributed by atoms with van der Waals surface area (Å²) in [7, 11) is 0. The fourth-order valence-corrected chi connectivity index (χ4v) is 4.95. The van der Waals surface area contributed by atoms with Crippen molar-refractivity contribution in [3.8, 4) is 0 Å². The normalized spacial score (nSPS) is 11.7. The third-order valence-corrected chi connectivity index (χ3v) is 7.30. The minimum atomic E-state index is -0.751. The van der Waals surface area contributed by atoms with Crippen LogP contribution in [0.1, 0.15) is 16.7 Å². The molecular formula is C39H56O11. The molecule has 0 aliphatic heterocycles. The summed E-state index contributed by atoms with van der Waals surface area (Å²) in [5, 5.41) is 8.60. The predicted octanol–water partition coefficient (Wildman–Crippen LogP) is 4.14. The Hall–Kier alpha value is -2.78. The van der Waals surface area contributed by atoms with Gasteiger partial charge < -0.3 is 52.5 Å². The topological polar surface area (TPSA) is 113 Å². The molecule has 11 heteroatoms. The second-order valence-corrected chi connectivity index (χ2v) is 10.9. The van der Waals surface area contributed by atoms with Gasteiger partial charge in [0, 0.05) is 0 Å². The number of aliphatic hydroxyl groups is 1. The first-order valence-corrected chi connectivity index (χ1v) is 17.5. The van der Waals surface area contributed by atoms with Crippen LogP contribution in [-0.4, -0.2) is 137 Å². The largest absolute Gasteiger partial charge is 0.394 e. The molecule has 0 amide bonds. The van der Waals surface area contributed by atoms with Crippen LogP contribution in [0.25, 0.3) is 0 Å². The Labute approximate surface area is 297 Å². The van der Waals surface area contributed by atoms with Gasteiger partial charge in [0.25, 0.3) is 0 Å². The van der Waals surface area contributed by atoms with Crippen LogP contribution in [0, 0.1) is 0 Å². The summed E-state index contributed by atoms with van der Waals surface area (Å²) < 4.78 is 56.1. The van der Waals surface area contributed by atoms with E-state index >= 15 is 0 Å². The second kappa shape index (κ2) is 28.9. The molecule has 0 atom stereocenters. The Kier molecular flexibility index (Phi) is 24.0. The van der Waals surface area contributed by atoms with Crippen LogP contribution in [0.5, 0.6) is 0 Å². The van der Waals surface area contributed by atoms with E-state index in [4.69, 9.17) is 52.5 Å². The zero-order valence-electron chi connectivity index (χ0n) is 29.3. The van der Waals surface area contributed by atoms with Gasteiger partial charge in [-0.3, -0.25) is 0 Å². The summed E-state index contributed by atoms with van der Waals surface area (Å²) in [6, 6.07) is 31.0. The van der Waals surface area contributed by atoms with E-state index in [0.717, 1.165) is 16.7 Å². The maximum atomic E-state index is 8.60. The molecule has 0 saturated heterocycles. The van der Waals surface area contributed by atoms with Crippen molar-refractivity contribution in [3.63, 3.8) is 0 Å². The standard InChI is InChI=1S/C39H56O11/c40-16-17-41-18-19-42-20-21-43-22-23-44-24-25-45-26-27-46-28-29-47-30-31-48-32-33-49-34-35-50-39(36-10-4-1-5-11-36,37-12-6-2-7-13-37)38-14-8-3-9-15-38/h1-15,40H,16-35H2. The molecule has 11 nitrogen and oxygen atoms in total. The number of hydrogen-bond donors (Lipinski definition) is 1. The molecule has 3 rings (SSSR count). The average Bonchev–Trinajstić information content (AvgIpc) is 3.17. The number of hydrogen-bond acceptors (Lipinski definition) is 11. The fourth-order valence-electron chi connectivity index (χ4n) is 4.95. The van der Waals surface area contributed by atoms with Crippen molar-refractivity contribution in [3.05, 3.63) is 108 Å². The summed E-state index contributed by atoms with van der Waals surface area (Å²) in [4.78, 5) is 0. The molecule has 0 aliphatic rings. The van der Waals surface area contributed by atoms with E-state index in [0.29, 0.717) is 126 Å². The number of aliphatic hydroxyl groups excluding tert-OH is 1. The molecule has 1 N–H and O–H groups in total. The molecule has 0 saturated carbocycles. The molecule has 0 aromatic heterocycles. The van der Waals surface area contributed by atoms with Gasteiger partial charge >= 0.3 is 0 Å². The zero-order chi connectivity index (χ0) is 35.1. The van der Waals surface area contributed by atoms with Crippen molar-refractivity contribution in [2.24, 2.45) is 0 Å². The van der Waals surface area contributed by atoms with Crippen molar-refractivity contribution in [2.45, 2.75) is 5.60 Å². The van der Waals surface area contributed by atoms with E-state index in [2.05, 4.69) is 36.4 Å². The van der Waals surface area contributed by atoms with E-state index < -0.39 is 5.60 Å². The summed E-state index contributed by atoms with van der Waals surface area (Å²) in [5.74, 6) is 0. The Bertz CT molecular complexity index is 1060. The van der Waals surface area contributed by atoms with Crippen LogP contribution in [0.2, 0.25) is 0 Å². The molecule has 3 aromatic carbocycles. The molecule has 0 radical (unpaired) electrons. The highest BCUT2D eigenvalue weighted by Gasteiger charge is 2.37. The summed E-state index contributed by atoms with van der Waals surface area (Å²) >= 11 is 0. The molecule has 3 aromatic rings. The highest BCUT2D eigenvalue weighted by Crippen LogP contribution is 2.40. The van der Waals surface area contributed by atoms with Gasteiger partial charge in [-0.25, -0.2) is 0 Å². The van der Waals surface area contributed by atoms with Crippen molar-refractivity contribution < 1.29 is 52.5 Å². The van der Waals surface area contributed by atoms with Crippen molar-refractivity contribution in [1.29, 1.82) is 0 Å². The van der Waals surface area contributed by atoms with Crippen LogP contribution >= 0.6 is 0 Å². The Morgan fingerprint density at radius 2 is 0.520 bits per heavy atom. The van der Waals surface area contributed by atoms with Crippen molar-refractivity contribution in [2.75, 3.05) is 132 Å². The minimum Gasteiger partial charge on any atom is -0.394 e. The maximum Gasteiger partial charge on any atom is 0.143 e. The lowest BCUT2D eigenvalue weighted by atomic mass is 9.80. The molecule has 0 bridgehead atoms. The van der Waals surface area contributed by atoms with Crippen LogP contribution < -0.4 is 0 Å². The highest BCUT2D eigenvalue weighted by molar-refractivity contribution is 5.47. The third-order valence-electron chi connectivity index (χ3n) is 7.30. The predicted molar refractivity (Wildman–Crippen MR) is 190 cm³/mol. The van der Waals surface area contributed by atoms with Crippen molar-refractivity contribution in [1.82, 2.24) is 0 Å². The maximum absolute atomic E-state index is 8.60. The number of ether oxygens (including phenoxy) is 10. The van der Waals surface area contributed by atoms with E-state index in [1.54, 1.807) is 0 Å². The van der Waals surface area contributed by atoms with E-state index in [1.165, 1.54) is 0 Å². The Morgan fingerprint density at radius 3 is 0.760 bits per heavy atom. The molecule has 0 aliphatic carbocycles. The van der Waals surface area contributed by atoms with Crippen LogP contribution in [-0.2, 0) is 53.0 Å². The molecule has 0 fully saturated rings. The van der Waals surface area contributed by atoms with Crippen LogP contribution in [0.15, 0.2) is 91.0 Å². The molecule has 0 spiro atoms. The van der Waals surface area contributed by atoms with Crippen LogP contribution in [0.4, 0.5) is 0 Å². The zero-order valence-corrected chi connectivity index (χ0v) is 29.3. The van der Waals surface area contributed by atoms with Gasteiger partial charge in [-0.05, 0) is 16.7 Å². The molecule has 50 heavy (non-hydrogen) atoms. The molecule has 0 unspecified atom stereocenters. The van der Waals surface area contributed by atoms with Crippen molar-refractivity contribution >= 4 is 0 Å². The summed E-state index contributed by atoms with van der Waals surface area (Å²) in [5.41, 5.74) is 2.45. The fraction of sp³-hybridized carbons (Fsp3) is 0.538. The molecule has 278 valence electrons. The van der Waals surface area contributed by atoms with Gasteiger partial charge in [0.15, 0.2) is 0 Å². The quantitative estimate of drug-likeness (QED) is 0.0731. The number of rotatable bonds is 33. The Morgan fingerprint density at radius 1 is 0.300 bits per heavy atom. The lowest BCUT2D eigenvalue weighted by molar-refractivity contribution is -0.0399. The third kappa shape index (κ3) is 17.4. The van der Waals surface area contributed by atoms with E-state index in [1.807, 2.05) is 54.6 Å². The molecular weight excluding hydrogens is 644 g/mol. The van der Waals surface area contributed by atoms with Gasteiger partial charge in [0.05, 0.1) is 132 Å². The summed E-state index contributed by atoms with van der Waals surface area (Å²) in [6.45, 7) is 9.10. The highest BCUT2D eigenvalue weighted by atomic mass is 16.6. The van der Waals surface area contributed by atoms with Gasteiger partial charge in [-0.15, -0.1) is 0 Å². The van der Waals surface area contributed by atoms with Gasteiger partial charge in [0.2, 0.25) is 0 Å².